The van der Waals surface area contributed by atoms with E-state index in [9.17, 15) is 18.0 Å². The molecule has 33 heavy (non-hydrogen) atoms. The quantitative estimate of drug-likeness (QED) is 0.356. The minimum Gasteiger partial charge on any atom is -0.497 e. The number of nitrogens with one attached hydrogen (secondary N) is 1. The van der Waals surface area contributed by atoms with E-state index in [1.165, 1.54) is 24.3 Å². The number of ether oxygens (including phenoxy) is 2. The molecule has 0 fully saturated rings. The van der Waals surface area contributed by atoms with Crippen LogP contribution in [0.15, 0.2) is 66.0 Å². The van der Waals surface area contributed by atoms with E-state index in [0.717, 1.165) is 23.5 Å². The molecule has 9 heteroatoms. The van der Waals surface area contributed by atoms with Gasteiger partial charge >= 0.3 is 0 Å². The highest BCUT2D eigenvalue weighted by Gasteiger charge is 2.15. The van der Waals surface area contributed by atoms with Crippen LogP contribution in [-0.2, 0) is 6.61 Å². The van der Waals surface area contributed by atoms with Crippen LogP contribution >= 0.6 is 11.3 Å². The second-order valence-corrected chi connectivity index (χ2v) is 7.76. The number of carbonyl (C=O) groups is 1. The smallest absolute Gasteiger partial charge is 0.275 e. The molecule has 0 aliphatic carbocycles. The summed E-state index contributed by atoms with van der Waals surface area (Å²) >= 11 is 1.13. The third-order valence-electron chi connectivity index (χ3n) is 4.65. The van der Waals surface area contributed by atoms with Gasteiger partial charge in [0.1, 0.15) is 34.6 Å². The molecule has 0 radical (unpaired) electrons. The van der Waals surface area contributed by atoms with Gasteiger partial charge in [0, 0.05) is 22.7 Å². The van der Waals surface area contributed by atoms with E-state index in [1.54, 1.807) is 36.8 Å². The van der Waals surface area contributed by atoms with Crippen molar-refractivity contribution in [3.05, 3.63) is 94.8 Å². The average molecular weight is 470 g/mol. The number of rotatable bonds is 7. The van der Waals surface area contributed by atoms with Gasteiger partial charge in [0.25, 0.3) is 5.91 Å². The van der Waals surface area contributed by atoms with Crippen molar-refractivity contribution in [2.45, 2.75) is 6.61 Å². The molecule has 0 bridgehead atoms. The van der Waals surface area contributed by atoms with Crippen molar-refractivity contribution in [1.29, 1.82) is 0 Å². The number of amides is 1. The molecular formula is C24H17F3N2O3S. The maximum Gasteiger partial charge on any atom is 0.275 e. The molecule has 0 saturated carbocycles. The Labute approximate surface area is 191 Å². The fraction of sp³-hybridized carbons (Fsp3) is 0.0833. The lowest BCUT2D eigenvalue weighted by Gasteiger charge is -2.08. The molecule has 1 amide bonds. The normalized spacial score (nSPS) is 10.7. The molecule has 1 aromatic heterocycles. The van der Waals surface area contributed by atoms with Crippen molar-refractivity contribution in [1.82, 2.24) is 4.98 Å². The summed E-state index contributed by atoms with van der Waals surface area (Å²) in [6.45, 7) is -0.0527. The summed E-state index contributed by atoms with van der Waals surface area (Å²) in [5, 5.41) is 4.60. The van der Waals surface area contributed by atoms with E-state index in [-0.39, 0.29) is 23.6 Å². The number of nitrogens with zero attached hydrogens (tertiary/aromatic N) is 1. The van der Waals surface area contributed by atoms with E-state index >= 15 is 0 Å². The van der Waals surface area contributed by atoms with Gasteiger partial charge in [0.05, 0.1) is 7.11 Å². The third-order valence-corrected chi connectivity index (χ3v) is 5.52. The van der Waals surface area contributed by atoms with Crippen LogP contribution in [0.1, 0.15) is 16.1 Å². The summed E-state index contributed by atoms with van der Waals surface area (Å²) in [6.07, 6.45) is 0. The summed E-state index contributed by atoms with van der Waals surface area (Å²) < 4.78 is 51.5. The lowest BCUT2D eigenvalue weighted by molar-refractivity contribution is 0.102. The topological polar surface area (TPSA) is 60.5 Å². The Morgan fingerprint density at radius 1 is 0.939 bits per heavy atom. The molecule has 0 spiro atoms. The highest BCUT2D eigenvalue weighted by atomic mass is 32.1. The van der Waals surface area contributed by atoms with Crippen molar-refractivity contribution < 1.29 is 27.4 Å². The summed E-state index contributed by atoms with van der Waals surface area (Å²) in [5.41, 5.74) is 1.35. The zero-order valence-corrected chi connectivity index (χ0v) is 18.1. The first-order valence-corrected chi connectivity index (χ1v) is 10.6. The zero-order valence-electron chi connectivity index (χ0n) is 17.3. The van der Waals surface area contributed by atoms with Crippen molar-refractivity contribution in [2.24, 2.45) is 0 Å². The number of carbonyl (C=O) groups excluding carboxylic acids is 1. The van der Waals surface area contributed by atoms with E-state index in [1.807, 2.05) is 0 Å². The Bertz CT molecular complexity index is 1290. The van der Waals surface area contributed by atoms with Crippen molar-refractivity contribution >= 4 is 22.9 Å². The molecule has 0 aliphatic rings. The summed E-state index contributed by atoms with van der Waals surface area (Å²) in [6, 6.07) is 14.4. The predicted octanol–water partition coefficient (Wildman–Crippen LogP) is 6.07. The fourth-order valence-electron chi connectivity index (χ4n) is 2.93. The standard InChI is InChI=1S/C24H17F3N2O3S/c1-31-16-5-3-15(4-6-16)28-23(30)22-13-33-24(29-22)18-8-7-17(11-20(18)26)32-12-14-2-9-19(25)21(27)10-14/h2-11,13H,12H2,1H3,(H,28,30). The Kier molecular flexibility index (Phi) is 6.60. The van der Waals surface area contributed by atoms with Gasteiger partial charge in [-0.15, -0.1) is 11.3 Å². The van der Waals surface area contributed by atoms with Gasteiger partial charge in [-0.2, -0.15) is 0 Å². The van der Waals surface area contributed by atoms with E-state index < -0.39 is 23.4 Å². The molecule has 168 valence electrons. The Morgan fingerprint density at radius 2 is 1.70 bits per heavy atom. The van der Waals surface area contributed by atoms with Crippen LogP contribution in [0.3, 0.4) is 0 Å². The first kappa shape index (κ1) is 22.3. The SMILES string of the molecule is COc1ccc(NC(=O)c2csc(-c3ccc(OCc4ccc(F)c(F)c4)cc3F)n2)cc1. The maximum absolute atomic E-state index is 14.7. The highest BCUT2D eigenvalue weighted by Crippen LogP contribution is 2.29. The highest BCUT2D eigenvalue weighted by molar-refractivity contribution is 7.13. The number of hydrogen-bond donors (Lipinski definition) is 1. The molecule has 0 unspecified atom stereocenters. The van der Waals surface area contributed by atoms with Crippen LogP contribution in [0.25, 0.3) is 10.6 Å². The first-order chi connectivity index (χ1) is 15.9. The van der Waals surface area contributed by atoms with Crippen LogP contribution in [0.2, 0.25) is 0 Å². The van der Waals surface area contributed by atoms with Crippen molar-refractivity contribution in [3.63, 3.8) is 0 Å². The van der Waals surface area contributed by atoms with Gasteiger partial charge in [-0.3, -0.25) is 4.79 Å². The van der Waals surface area contributed by atoms with Crippen LogP contribution in [0.4, 0.5) is 18.9 Å². The Morgan fingerprint density at radius 3 is 2.39 bits per heavy atom. The van der Waals surface area contributed by atoms with Gasteiger partial charge in [-0.05, 0) is 54.1 Å². The molecule has 5 nitrogen and oxygen atoms in total. The molecule has 3 aromatic carbocycles. The Hall–Kier alpha value is -3.85. The Balaban J connectivity index is 1.42. The van der Waals surface area contributed by atoms with Crippen molar-refractivity contribution in [3.8, 4) is 22.1 Å². The first-order valence-electron chi connectivity index (χ1n) is 9.70. The van der Waals surface area contributed by atoms with Gasteiger partial charge in [0.15, 0.2) is 11.6 Å². The van der Waals surface area contributed by atoms with Crippen LogP contribution < -0.4 is 14.8 Å². The van der Waals surface area contributed by atoms with Gasteiger partial charge in [-0.25, -0.2) is 18.2 Å². The summed E-state index contributed by atoms with van der Waals surface area (Å²) in [4.78, 5) is 16.7. The molecule has 0 aliphatic heterocycles. The van der Waals surface area contributed by atoms with E-state index in [4.69, 9.17) is 9.47 Å². The number of benzene rings is 3. The van der Waals surface area contributed by atoms with E-state index in [2.05, 4.69) is 10.3 Å². The third kappa shape index (κ3) is 5.32. The van der Waals surface area contributed by atoms with E-state index in [0.29, 0.717) is 22.0 Å². The van der Waals surface area contributed by atoms with Crippen molar-refractivity contribution in [2.75, 3.05) is 12.4 Å². The monoisotopic (exact) mass is 470 g/mol. The second kappa shape index (κ2) is 9.74. The number of methoxy groups -OCH3 is 1. The number of hydrogen-bond acceptors (Lipinski definition) is 5. The number of aromatic nitrogens is 1. The summed E-state index contributed by atoms with van der Waals surface area (Å²) in [5.74, 6) is -2.06. The number of halogens is 3. The minimum absolute atomic E-state index is 0.0527. The second-order valence-electron chi connectivity index (χ2n) is 6.90. The molecule has 0 atom stereocenters. The minimum atomic E-state index is -0.978. The summed E-state index contributed by atoms with van der Waals surface area (Å²) in [7, 11) is 1.55. The zero-order chi connectivity index (χ0) is 23.4. The lowest BCUT2D eigenvalue weighted by Crippen LogP contribution is -2.12. The van der Waals surface area contributed by atoms with Crippen LogP contribution in [-0.4, -0.2) is 18.0 Å². The molecular weight excluding hydrogens is 453 g/mol. The average Bonchev–Trinajstić information content (AvgIpc) is 3.30. The predicted molar refractivity (Wildman–Crippen MR) is 119 cm³/mol. The molecule has 4 aromatic rings. The van der Waals surface area contributed by atoms with Crippen LogP contribution in [0.5, 0.6) is 11.5 Å². The number of thiazole rings is 1. The van der Waals surface area contributed by atoms with Gasteiger partial charge in [0.2, 0.25) is 0 Å². The number of anilines is 1. The van der Waals surface area contributed by atoms with Gasteiger partial charge < -0.3 is 14.8 Å². The fourth-order valence-corrected chi connectivity index (χ4v) is 3.75. The lowest BCUT2D eigenvalue weighted by atomic mass is 10.2. The molecule has 0 saturated heterocycles. The molecule has 1 heterocycles. The molecule has 1 N–H and O–H groups in total. The molecule has 4 rings (SSSR count). The van der Waals surface area contributed by atoms with Crippen LogP contribution in [0, 0.1) is 17.5 Å². The largest absolute Gasteiger partial charge is 0.497 e. The maximum atomic E-state index is 14.7. The van der Waals surface area contributed by atoms with Gasteiger partial charge in [-0.1, -0.05) is 6.07 Å².